The number of hydrogen-bond donors (Lipinski definition) is 3. The molecule has 0 unspecified atom stereocenters. The molecular weight excluding hydrogens is 182 g/mol. The Morgan fingerprint density at radius 1 is 1.71 bits per heavy atom. The third-order valence-electron chi connectivity index (χ3n) is 1.55. The highest BCUT2D eigenvalue weighted by Gasteiger charge is 2.02. The van der Waals surface area contributed by atoms with E-state index < -0.39 is 5.56 Å². The Kier molecular flexibility index (Phi) is 3.70. The lowest BCUT2D eigenvalue weighted by molar-refractivity contribution is 0.449. The van der Waals surface area contributed by atoms with Crippen LogP contribution in [0.1, 0.15) is 12.0 Å². The summed E-state index contributed by atoms with van der Waals surface area (Å²) in [6, 6.07) is 0. The smallest absolute Gasteiger partial charge is 0.270 e. The number of nitrogens with one attached hydrogen (secondary N) is 2. The molecule has 5 heteroatoms. The van der Waals surface area contributed by atoms with Crippen LogP contribution in [0.25, 0.3) is 0 Å². The zero-order chi connectivity index (χ0) is 10.4. The molecule has 0 aliphatic heterocycles. The molecule has 0 aliphatic rings. The van der Waals surface area contributed by atoms with E-state index in [0.29, 0.717) is 6.42 Å². The minimum Gasteiger partial charge on any atom is -0.492 e. The SMILES string of the molecule is CNCCC#Cc1c(O)nc[nH]c1=O. The van der Waals surface area contributed by atoms with Crippen LogP contribution in [0.2, 0.25) is 0 Å². The van der Waals surface area contributed by atoms with Gasteiger partial charge in [-0.3, -0.25) is 4.79 Å². The molecule has 5 nitrogen and oxygen atoms in total. The zero-order valence-corrected chi connectivity index (χ0v) is 7.79. The molecule has 0 spiro atoms. The molecule has 1 heterocycles. The maximum absolute atomic E-state index is 11.1. The first-order chi connectivity index (χ1) is 6.75. The quantitative estimate of drug-likeness (QED) is 0.434. The van der Waals surface area contributed by atoms with Crippen LogP contribution in [0.3, 0.4) is 0 Å². The van der Waals surface area contributed by atoms with E-state index in [1.165, 1.54) is 0 Å². The van der Waals surface area contributed by atoms with Crippen LogP contribution in [-0.2, 0) is 0 Å². The van der Waals surface area contributed by atoms with Crippen molar-refractivity contribution < 1.29 is 5.11 Å². The lowest BCUT2D eigenvalue weighted by atomic mass is 10.3. The normalized spacial score (nSPS) is 9.21. The predicted octanol–water partition coefficient (Wildman–Crippen LogP) is -0.564. The van der Waals surface area contributed by atoms with Gasteiger partial charge < -0.3 is 15.4 Å². The molecular formula is C9H11N3O2. The Balaban J connectivity index is 2.84. The molecule has 0 aliphatic carbocycles. The third-order valence-corrected chi connectivity index (χ3v) is 1.55. The van der Waals surface area contributed by atoms with E-state index in [2.05, 4.69) is 27.1 Å². The molecule has 1 aromatic heterocycles. The highest BCUT2D eigenvalue weighted by atomic mass is 16.3. The largest absolute Gasteiger partial charge is 0.492 e. The zero-order valence-electron chi connectivity index (χ0n) is 7.79. The lowest BCUT2D eigenvalue weighted by Crippen LogP contribution is -2.10. The molecule has 0 aromatic carbocycles. The molecule has 14 heavy (non-hydrogen) atoms. The fraction of sp³-hybridized carbons (Fsp3) is 0.333. The van der Waals surface area contributed by atoms with Crippen LogP contribution in [0.4, 0.5) is 0 Å². The fourth-order valence-electron chi connectivity index (χ4n) is 0.841. The van der Waals surface area contributed by atoms with Gasteiger partial charge in [-0.1, -0.05) is 11.8 Å². The first-order valence-electron chi connectivity index (χ1n) is 4.16. The van der Waals surface area contributed by atoms with Crippen molar-refractivity contribution in [3.8, 4) is 17.7 Å². The molecule has 0 saturated carbocycles. The van der Waals surface area contributed by atoms with Gasteiger partial charge in [-0.2, -0.15) is 0 Å². The summed E-state index contributed by atoms with van der Waals surface area (Å²) in [5.74, 6) is 4.99. The number of rotatable bonds is 2. The Morgan fingerprint density at radius 3 is 3.14 bits per heavy atom. The molecule has 0 bridgehead atoms. The van der Waals surface area contributed by atoms with E-state index in [4.69, 9.17) is 0 Å². The number of hydrogen-bond acceptors (Lipinski definition) is 4. The molecule has 1 aromatic rings. The number of aromatic hydroxyl groups is 1. The molecule has 0 saturated heterocycles. The highest BCUT2D eigenvalue weighted by molar-refractivity contribution is 5.38. The first-order valence-corrected chi connectivity index (χ1v) is 4.16. The second-order valence-corrected chi connectivity index (χ2v) is 2.59. The Morgan fingerprint density at radius 2 is 2.50 bits per heavy atom. The number of aromatic nitrogens is 2. The van der Waals surface area contributed by atoms with Gasteiger partial charge in [0.25, 0.3) is 5.56 Å². The van der Waals surface area contributed by atoms with Crippen molar-refractivity contribution in [2.24, 2.45) is 0 Å². The molecule has 3 N–H and O–H groups in total. The van der Waals surface area contributed by atoms with Crippen molar-refractivity contribution >= 4 is 0 Å². The van der Waals surface area contributed by atoms with Crippen molar-refractivity contribution in [1.29, 1.82) is 0 Å². The van der Waals surface area contributed by atoms with Crippen LogP contribution in [-0.4, -0.2) is 28.7 Å². The molecule has 0 atom stereocenters. The van der Waals surface area contributed by atoms with Gasteiger partial charge in [0.05, 0.1) is 6.33 Å². The summed E-state index contributed by atoms with van der Waals surface area (Å²) in [5.41, 5.74) is -0.405. The second kappa shape index (κ2) is 5.04. The van der Waals surface area contributed by atoms with Gasteiger partial charge in [0.2, 0.25) is 5.88 Å². The van der Waals surface area contributed by atoms with Crippen molar-refractivity contribution in [3.05, 3.63) is 22.2 Å². The number of nitrogens with zero attached hydrogens (tertiary/aromatic N) is 1. The predicted molar refractivity (Wildman–Crippen MR) is 51.9 cm³/mol. The maximum atomic E-state index is 11.1. The fourth-order valence-corrected chi connectivity index (χ4v) is 0.841. The minimum absolute atomic E-state index is 0.0172. The van der Waals surface area contributed by atoms with Gasteiger partial charge in [-0.25, -0.2) is 4.98 Å². The Hall–Kier alpha value is -1.80. The van der Waals surface area contributed by atoms with Crippen LogP contribution in [0.15, 0.2) is 11.1 Å². The van der Waals surface area contributed by atoms with E-state index in [1.54, 1.807) is 0 Å². The van der Waals surface area contributed by atoms with Crippen LogP contribution < -0.4 is 10.9 Å². The van der Waals surface area contributed by atoms with E-state index in [0.717, 1.165) is 12.9 Å². The van der Waals surface area contributed by atoms with E-state index in [-0.39, 0.29) is 11.4 Å². The lowest BCUT2D eigenvalue weighted by Gasteiger charge is -1.92. The van der Waals surface area contributed by atoms with Gasteiger partial charge in [0.15, 0.2) is 5.56 Å². The van der Waals surface area contributed by atoms with Gasteiger partial charge in [-0.15, -0.1) is 0 Å². The van der Waals surface area contributed by atoms with Gasteiger partial charge in [-0.05, 0) is 7.05 Å². The second-order valence-electron chi connectivity index (χ2n) is 2.59. The topological polar surface area (TPSA) is 78.0 Å². The van der Waals surface area contributed by atoms with E-state index >= 15 is 0 Å². The van der Waals surface area contributed by atoms with Gasteiger partial charge >= 0.3 is 0 Å². The summed E-state index contributed by atoms with van der Waals surface area (Å²) in [5, 5.41) is 12.1. The van der Waals surface area contributed by atoms with Crippen molar-refractivity contribution in [1.82, 2.24) is 15.3 Å². The number of H-pyrrole nitrogens is 1. The Labute approximate surface area is 81.2 Å². The van der Waals surface area contributed by atoms with Crippen LogP contribution in [0, 0.1) is 11.8 Å². The van der Waals surface area contributed by atoms with E-state index in [9.17, 15) is 9.90 Å². The number of aromatic amines is 1. The minimum atomic E-state index is -0.422. The molecule has 0 fully saturated rings. The third kappa shape index (κ3) is 2.61. The van der Waals surface area contributed by atoms with Crippen LogP contribution in [0.5, 0.6) is 5.88 Å². The summed E-state index contributed by atoms with van der Waals surface area (Å²) in [6.45, 7) is 0.742. The maximum Gasteiger partial charge on any atom is 0.270 e. The summed E-state index contributed by atoms with van der Waals surface area (Å²) in [6.07, 6.45) is 1.75. The van der Waals surface area contributed by atoms with Crippen molar-refractivity contribution in [3.63, 3.8) is 0 Å². The molecule has 1 rings (SSSR count). The average molecular weight is 193 g/mol. The average Bonchev–Trinajstić information content (AvgIpc) is 2.16. The van der Waals surface area contributed by atoms with Gasteiger partial charge in [0, 0.05) is 13.0 Å². The van der Waals surface area contributed by atoms with Crippen molar-refractivity contribution in [2.75, 3.05) is 13.6 Å². The molecule has 0 amide bonds. The first kappa shape index (κ1) is 10.3. The summed E-state index contributed by atoms with van der Waals surface area (Å²) < 4.78 is 0. The standard InChI is InChI=1S/C9H11N3O2/c1-10-5-3-2-4-7-8(13)11-6-12-9(7)14/h6,10H,3,5H2,1H3,(H2,11,12,13,14). The molecule has 0 radical (unpaired) electrons. The van der Waals surface area contributed by atoms with Crippen molar-refractivity contribution in [2.45, 2.75) is 6.42 Å². The Bertz CT molecular complexity index is 414. The van der Waals surface area contributed by atoms with Gasteiger partial charge in [0.1, 0.15) is 0 Å². The molecule has 74 valence electrons. The summed E-state index contributed by atoms with van der Waals surface area (Å²) in [7, 11) is 1.82. The van der Waals surface area contributed by atoms with Crippen LogP contribution >= 0.6 is 0 Å². The van der Waals surface area contributed by atoms with E-state index in [1.807, 2.05) is 7.05 Å². The highest BCUT2D eigenvalue weighted by Crippen LogP contribution is 2.03. The summed E-state index contributed by atoms with van der Waals surface area (Å²) >= 11 is 0. The summed E-state index contributed by atoms with van der Waals surface area (Å²) in [4.78, 5) is 17.0. The monoisotopic (exact) mass is 193 g/mol.